The molecule has 0 spiro atoms. The van der Waals surface area contributed by atoms with Gasteiger partial charge < -0.3 is 16.2 Å². The lowest BCUT2D eigenvalue weighted by Gasteiger charge is -2.08. The number of amides is 1. The molecule has 1 aromatic carbocycles. The fraction of sp³-hybridized carbons (Fsp3) is 0.143. The van der Waals surface area contributed by atoms with Crippen LogP contribution in [-0.2, 0) is 11.2 Å². The van der Waals surface area contributed by atoms with Gasteiger partial charge in [0.2, 0.25) is 0 Å². The topological polar surface area (TPSA) is 92.4 Å². The number of rotatable bonds is 5. The molecule has 1 heterocycles. The average molecular weight is 290 g/mol. The van der Waals surface area contributed by atoms with Crippen molar-refractivity contribution in [3.05, 3.63) is 52.2 Å². The molecule has 0 aliphatic carbocycles. The van der Waals surface area contributed by atoms with Gasteiger partial charge in [-0.2, -0.15) is 0 Å². The van der Waals surface area contributed by atoms with Crippen LogP contribution in [0.3, 0.4) is 0 Å². The first-order valence-electron chi connectivity index (χ1n) is 5.98. The molecule has 0 aliphatic rings. The summed E-state index contributed by atoms with van der Waals surface area (Å²) in [5.41, 5.74) is 6.94. The largest absolute Gasteiger partial charge is 0.480 e. The van der Waals surface area contributed by atoms with Crippen LogP contribution in [0.15, 0.2) is 41.8 Å². The Kier molecular flexibility index (Phi) is 4.49. The second kappa shape index (κ2) is 6.31. The summed E-state index contributed by atoms with van der Waals surface area (Å²) in [4.78, 5) is 23.1. The lowest BCUT2D eigenvalue weighted by atomic mass is 10.1. The molecule has 0 fully saturated rings. The molecule has 4 N–H and O–H groups in total. The second-order valence-corrected chi connectivity index (χ2v) is 5.22. The number of carbonyl (C=O) groups excluding carboxylic acids is 1. The molecule has 0 radical (unpaired) electrons. The normalized spacial score (nSPS) is 11.8. The minimum atomic E-state index is -1.03. The third-order valence-electron chi connectivity index (χ3n) is 2.73. The van der Waals surface area contributed by atoms with E-state index in [2.05, 4.69) is 5.32 Å². The molecule has 1 aromatic heterocycles. The van der Waals surface area contributed by atoms with Crippen LogP contribution in [-0.4, -0.2) is 23.0 Å². The van der Waals surface area contributed by atoms with E-state index in [0.717, 1.165) is 5.56 Å². The van der Waals surface area contributed by atoms with Crippen molar-refractivity contribution >= 4 is 28.9 Å². The van der Waals surface area contributed by atoms with E-state index in [4.69, 9.17) is 10.8 Å². The van der Waals surface area contributed by atoms with Crippen LogP contribution < -0.4 is 11.1 Å². The Morgan fingerprint density at radius 1 is 1.25 bits per heavy atom. The van der Waals surface area contributed by atoms with E-state index < -0.39 is 12.0 Å². The minimum absolute atomic E-state index is 0.157. The van der Waals surface area contributed by atoms with Crippen LogP contribution in [0.2, 0.25) is 0 Å². The van der Waals surface area contributed by atoms with Crippen molar-refractivity contribution in [1.82, 2.24) is 0 Å². The molecule has 104 valence electrons. The summed E-state index contributed by atoms with van der Waals surface area (Å²) in [7, 11) is 0. The van der Waals surface area contributed by atoms with Crippen LogP contribution >= 0.6 is 11.3 Å². The molecule has 0 aliphatic heterocycles. The fourth-order valence-electron chi connectivity index (χ4n) is 1.67. The number of nitrogens with two attached hydrogens (primary N) is 1. The zero-order valence-electron chi connectivity index (χ0n) is 10.6. The predicted molar refractivity (Wildman–Crippen MR) is 78.0 cm³/mol. The summed E-state index contributed by atoms with van der Waals surface area (Å²) < 4.78 is 0. The standard InChI is InChI=1S/C14H14N2O3S/c15-11(14(18)19)8-9-3-5-10(6-4-9)16-13(17)12-2-1-7-20-12/h1-7,11H,8,15H2,(H,16,17)(H,18,19)/t11-/m0/s1. The van der Waals surface area contributed by atoms with Gasteiger partial charge in [0.25, 0.3) is 5.91 Å². The van der Waals surface area contributed by atoms with E-state index in [0.29, 0.717) is 10.6 Å². The molecule has 0 bridgehead atoms. The molecule has 0 saturated carbocycles. The van der Waals surface area contributed by atoms with E-state index in [-0.39, 0.29) is 12.3 Å². The summed E-state index contributed by atoms with van der Waals surface area (Å²) in [5, 5.41) is 13.4. The SMILES string of the molecule is N[C@@H](Cc1ccc(NC(=O)c2cccs2)cc1)C(=O)O. The van der Waals surface area contributed by atoms with Crippen LogP contribution in [0, 0.1) is 0 Å². The summed E-state index contributed by atoms with van der Waals surface area (Å²) in [5.74, 6) is -1.19. The maximum absolute atomic E-state index is 11.8. The zero-order chi connectivity index (χ0) is 14.5. The Hall–Kier alpha value is -2.18. The molecule has 1 atom stereocenters. The number of hydrogen-bond donors (Lipinski definition) is 3. The first kappa shape index (κ1) is 14.2. The lowest BCUT2D eigenvalue weighted by molar-refractivity contribution is -0.138. The van der Waals surface area contributed by atoms with E-state index in [1.54, 1.807) is 30.3 Å². The molecule has 0 saturated heterocycles. The highest BCUT2D eigenvalue weighted by molar-refractivity contribution is 7.12. The van der Waals surface area contributed by atoms with Gasteiger partial charge in [0.05, 0.1) is 4.88 Å². The van der Waals surface area contributed by atoms with Crippen molar-refractivity contribution in [3.63, 3.8) is 0 Å². The smallest absolute Gasteiger partial charge is 0.320 e. The lowest BCUT2D eigenvalue weighted by Crippen LogP contribution is -2.32. The fourth-order valence-corrected chi connectivity index (χ4v) is 2.28. The predicted octanol–water partition coefficient (Wildman–Crippen LogP) is 1.95. The second-order valence-electron chi connectivity index (χ2n) is 4.28. The van der Waals surface area contributed by atoms with Gasteiger partial charge in [0, 0.05) is 5.69 Å². The molecule has 0 unspecified atom stereocenters. The maximum atomic E-state index is 11.8. The monoisotopic (exact) mass is 290 g/mol. The van der Waals surface area contributed by atoms with E-state index >= 15 is 0 Å². The third kappa shape index (κ3) is 3.66. The Morgan fingerprint density at radius 2 is 1.95 bits per heavy atom. The molecule has 6 heteroatoms. The van der Waals surface area contributed by atoms with Gasteiger partial charge in [0.15, 0.2) is 0 Å². The summed E-state index contributed by atoms with van der Waals surface area (Å²) in [6.45, 7) is 0. The first-order chi connectivity index (χ1) is 9.56. The number of aliphatic carboxylic acids is 1. The number of carbonyl (C=O) groups is 2. The molecule has 20 heavy (non-hydrogen) atoms. The van der Waals surface area contributed by atoms with E-state index in [1.807, 2.05) is 11.4 Å². The molecular weight excluding hydrogens is 276 g/mol. The Labute approximate surface area is 120 Å². The highest BCUT2D eigenvalue weighted by Crippen LogP contribution is 2.14. The number of thiophene rings is 1. The Bertz CT molecular complexity index is 593. The van der Waals surface area contributed by atoms with Gasteiger partial charge in [-0.25, -0.2) is 0 Å². The molecule has 1 amide bonds. The van der Waals surface area contributed by atoms with Crippen molar-refractivity contribution in [1.29, 1.82) is 0 Å². The molecule has 2 aromatic rings. The number of carboxylic acids is 1. The van der Waals surface area contributed by atoms with E-state index in [9.17, 15) is 9.59 Å². The van der Waals surface area contributed by atoms with Crippen molar-refractivity contribution in [2.45, 2.75) is 12.5 Å². The average Bonchev–Trinajstić information content (AvgIpc) is 2.95. The van der Waals surface area contributed by atoms with Gasteiger partial charge in [-0.15, -0.1) is 11.3 Å². The van der Waals surface area contributed by atoms with Gasteiger partial charge in [0.1, 0.15) is 6.04 Å². The number of benzene rings is 1. The third-order valence-corrected chi connectivity index (χ3v) is 3.60. The summed E-state index contributed by atoms with van der Waals surface area (Å²) >= 11 is 1.37. The highest BCUT2D eigenvalue weighted by atomic mass is 32.1. The number of carboxylic acid groups (broad SMARTS) is 1. The van der Waals surface area contributed by atoms with Gasteiger partial charge in [-0.3, -0.25) is 9.59 Å². The summed E-state index contributed by atoms with van der Waals surface area (Å²) in [6.07, 6.45) is 0.258. The van der Waals surface area contributed by atoms with Gasteiger partial charge in [-0.05, 0) is 35.6 Å². The molecule has 5 nitrogen and oxygen atoms in total. The van der Waals surface area contributed by atoms with Crippen molar-refractivity contribution in [2.24, 2.45) is 5.73 Å². The van der Waals surface area contributed by atoms with Crippen molar-refractivity contribution in [3.8, 4) is 0 Å². The van der Waals surface area contributed by atoms with Crippen molar-refractivity contribution < 1.29 is 14.7 Å². The number of nitrogens with one attached hydrogen (secondary N) is 1. The maximum Gasteiger partial charge on any atom is 0.320 e. The molecule has 2 rings (SSSR count). The van der Waals surface area contributed by atoms with Crippen LogP contribution in [0.4, 0.5) is 5.69 Å². The quantitative estimate of drug-likeness (QED) is 0.784. The Morgan fingerprint density at radius 3 is 2.50 bits per heavy atom. The van der Waals surface area contributed by atoms with E-state index in [1.165, 1.54) is 11.3 Å². The highest BCUT2D eigenvalue weighted by Gasteiger charge is 2.12. The van der Waals surface area contributed by atoms with Crippen LogP contribution in [0.25, 0.3) is 0 Å². The molecular formula is C14H14N2O3S. The van der Waals surface area contributed by atoms with Crippen LogP contribution in [0.1, 0.15) is 15.2 Å². The Balaban J connectivity index is 1.98. The van der Waals surface area contributed by atoms with Gasteiger partial charge in [-0.1, -0.05) is 18.2 Å². The number of anilines is 1. The number of hydrogen-bond acceptors (Lipinski definition) is 4. The first-order valence-corrected chi connectivity index (χ1v) is 6.86. The zero-order valence-corrected chi connectivity index (χ0v) is 11.4. The summed E-state index contributed by atoms with van der Waals surface area (Å²) in [6, 6.07) is 9.63. The van der Waals surface area contributed by atoms with Crippen molar-refractivity contribution in [2.75, 3.05) is 5.32 Å². The van der Waals surface area contributed by atoms with Gasteiger partial charge >= 0.3 is 5.97 Å². The van der Waals surface area contributed by atoms with Crippen LogP contribution in [0.5, 0.6) is 0 Å². The minimum Gasteiger partial charge on any atom is -0.480 e.